The van der Waals surface area contributed by atoms with Crippen LogP contribution in [-0.2, 0) is 0 Å². The molecule has 3 aromatic carbocycles. The first-order valence-electron chi connectivity index (χ1n) is 6.01. The van der Waals surface area contributed by atoms with Crippen LogP contribution in [0.4, 0.5) is 0 Å². The summed E-state index contributed by atoms with van der Waals surface area (Å²) < 4.78 is 7.14. The van der Waals surface area contributed by atoms with E-state index in [9.17, 15) is 0 Å². The summed E-state index contributed by atoms with van der Waals surface area (Å²) in [6.07, 6.45) is 0. The van der Waals surface area contributed by atoms with Gasteiger partial charge in [-0.05, 0) is 22.4 Å². The molecule has 3 rings (SSSR count). The number of fused-ring (bicyclic) bond motifs is 1. The second-order valence-corrected chi connectivity index (χ2v) is 4.02. The maximum atomic E-state index is 7.14. The third-order valence-electron chi connectivity index (χ3n) is 2.97. The summed E-state index contributed by atoms with van der Waals surface area (Å²) >= 11 is 0. The Balaban J connectivity index is 2.32. The lowest BCUT2D eigenvalue weighted by Crippen LogP contribution is -1.81. The van der Waals surface area contributed by atoms with Gasteiger partial charge in [0, 0.05) is 5.56 Å². The van der Waals surface area contributed by atoms with Gasteiger partial charge in [-0.25, -0.2) is 0 Å². The molecule has 0 fully saturated rings. The fraction of sp³-hybridized carbons (Fsp3) is 0. The molecule has 0 aliphatic rings. The lowest BCUT2D eigenvalue weighted by molar-refractivity contribution is 0.477. The molecule has 0 unspecified atom stereocenters. The minimum atomic E-state index is 0.578. The Morgan fingerprint density at radius 2 is 1.41 bits per heavy atom. The Morgan fingerprint density at radius 3 is 2.35 bits per heavy atom. The monoisotopic (exact) mass is 221 g/mol. The van der Waals surface area contributed by atoms with Crippen LogP contribution in [0.25, 0.3) is 21.9 Å². The Bertz CT molecular complexity index is 686. The summed E-state index contributed by atoms with van der Waals surface area (Å²) in [5, 5.41) is 7.06. The molecule has 0 bridgehead atoms. The van der Waals surface area contributed by atoms with Gasteiger partial charge in [0.1, 0.15) is 5.75 Å². The van der Waals surface area contributed by atoms with Gasteiger partial charge >= 0.3 is 0 Å². The van der Waals surface area contributed by atoms with Crippen molar-refractivity contribution in [2.45, 2.75) is 0 Å². The van der Waals surface area contributed by atoms with Crippen molar-refractivity contribution in [3.05, 3.63) is 66.7 Å². The van der Waals surface area contributed by atoms with Crippen LogP contribution in [0.15, 0.2) is 66.7 Å². The summed E-state index contributed by atoms with van der Waals surface area (Å²) in [5.41, 5.74) is 2.04. The van der Waals surface area contributed by atoms with Crippen molar-refractivity contribution >= 4 is 10.8 Å². The molecular formula is C16H12O. The number of hydrogen-bond acceptors (Lipinski definition) is 1. The summed E-state index contributed by atoms with van der Waals surface area (Å²) in [5.74, 6) is 0.578. The highest BCUT2D eigenvalue weighted by Gasteiger charge is 2.06. The summed E-state index contributed by atoms with van der Waals surface area (Å²) in [4.78, 5) is 0. The number of phenolic OH excluding ortho intramolecular Hbond substituents is 1. The van der Waals surface area contributed by atoms with Crippen LogP contribution in [0.1, 0.15) is 0 Å². The molecule has 0 saturated heterocycles. The molecule has 0 amide bonds. The number of rotatable bonds is 2. The van der Waals surface area contributed by atoms with Crippen molar-refractivity contribution < 1.29 is 5.11 Å². The summed E-state index contributed by atoms with van der Waals surface area (Å²) in [6, 6.07) is 22.0. The maximum absolute atomic E-state index is 7.14. The van der Waals surface area contributed by atoms with Crippen LogP contribution >= 0.6 is 0 Å². The molecule has 0 aliphatic heterocycles. The second-order valence-electron chi connectivity index (χ2n) is 4.02. The normalized spacial score (nSPS) is 11.2. The largest absolute Gasteiger partial charge is 0.507 e. The highest BCUT2D eigenvalue weighted by atomic mass is 16.3. The highest BCUT2D eigenvalue weighted by molar-refractivity contribution is 5.97. The van der Waals surface area contributed by atoms with E-state index >= 15 is 0 Å². The lowest BCUT2D eigenvalue weighted by Gasteiger charge is -2.08. The van der Waals surface area contributed by atoms with E-state index in [1.807, 2.05) is 42.5 Å². The molecule has 17 heavy (non-hydrogen) atoms. The van der Waals surface area contributed by atoms with Crippen molar-refractivity contribution in [3.63, 3.8) is 0 Å². The van der Waals surface area contributed by atoms with Gasteiger partial charge in [0.15, 0.2) is 0 Å². The van der Waals surface area contributed by atoms with Gasteiger partial charge in [-0.15, -0.1) is 0 Å². The molecule has 0 spiro atoms. The zero-order valence-electron chi connectivity index (χ0n) is 10.3. The Hall–Kier alpha value is -2.28. The molecule has 0 aromatic heterocycles. The van der Waals surface area contributed by atoms with Gasteiger partial charge in [0.05, 0.1) is 0 Å². The maximum Gasteiger partial charge on any atom is 0.293 e. The van der Waals surface area contributed by atoms with E-state index in [0.29, 0.717) is 5.75 Å². The van der Waals surface area contributed by atoms with Gasteiger partial charge in [0.2, 0.25) is 0 Å². The van der Waals surface area contributed by atoms with Crippen molar-refractivity contribution in [2.75, 3.05) is 0 Å². The van der Waals surface area contributed by atoms with Gasteiger partial charge < -0.3 is 5.11 Å². The van der Waals surface area contributed by atoms with Crippen LogP contribution in [-0.4, -0.2) is 6.54 Å². The van der Waals surface area contributed by atoms with Crippen LogP contribution in [0.3, 0.4) is 0 Å². The average molecular weight is 221 g/mol. The van der Waals surface area contributed by atoms with Crippen LogP contribution < -0.4 is 0 Å². The first kappa shape index (κ1) is 8.82. The standard InChI is InChI=1S/C16H12O/c17-16-11-4-3-9-15(16)14-10-5-7-12-6-1-2-8-13(12)14/h1-11,17H/i/hD. The quantitative estimate of drug-likeness (QED) is 0.687. The predicted octanol–water partition coefficient (Wildman–Crippen LogP) is 4.21. The van der Waals surface area contributed by atoms with Gasteiger partial charge in [-0.2, -0.15) is 0 Å². The molecule has 3 aromatic rings. The molecule has 0 saturated carbocycles. The zero-order chi connectivity index (χ0) is 12.4. The van der Waals surface area contributed by atoms with Crippen LogP contribution in [0.5, 0.6) is 5.75 Å². The van der Waals surface area contributed by atoms with Crippen LogP contribution in [0.2, 0.25) is 0 Å². The number of para-hydroxylation sites is 1. The smallest absolute Gasteiger partial charge is 0.293 e. The van der Waals surface area contributed by atoms with E-state index in [1.54, 1.807) is 0 Å². The predicted molar refractivity (Wildman–Crippen MR) is 71.0 cm³/mol. The number of hydrogen-bond donors (Lipinski definition) is 1. The molecule has 0 heterocycles. The third-order valence-corrected chi connectivity index (χ3v) is 2.97. The van der Waals surface area contributed by atoms with E-state index in [4.69, 9.17) is 6.54 Å². The minimum absolute atomic E-state index is 0.578. The Morgan fingerprint density at radius 1 is 0.706 bits per heavy atom. The zero-order valence-corrected chi connectivity index (χ0v) is 9.26. The van der Waals surface area contributed by atoms with Crippen molar-refractivity contribution in [3.8, 4) is 16.9 Å². The Labute approximate surface area is 101 Å². The first-order valence-corrected chi connectivity index (χ1v) is 5.60. The molecule has 1 heteroatoms. The molecule has 0 radical (unpaired) electrons. The highest BCUT2D eigenvalue weighted by Crippen LogP contribution is 2.33. The van der Waals surface area contributed by atoms with E-state index in [1.165, 1.54) is 10.8 Å². The SMILES string of the molecule is [2H]Oc1ccccc1-c1cccc2ccccc12. The van der Waals surface area contributed by atoms with Crippen molar-refractivity contribution in [1.82, 2.24) is 0 Å². The molecule has 82 valence electrons. The van der Waals surface area contributed by atoms with E-state index in [0.717, 1.165) is 11.1 Å². The number of benzene rings is 3. The fourth-order valence-corrected chi connectivity index (χ4v) is 2.15. The van der Waals surface area contributed by atoms with Crippen molar-refractivity contribution in [2.24, 2.45) is 0 Å². The van der Waals surface area contributed by atoms with E-state index in [2.05, 4.69) is 24.3 Å². The number of phenols is 1. The van der Waals surface area contributed by atoms with Crippen molar-refractivity contribution in [1.29, 1.82) is 1.43 Å². The third kappa shape index (κ3) is 1.66. The Kier molecular flexibility index (Phi) is 2.05. The van der Waals surface area contributed by atoms with Gasteiger partial charge in [-0.3, -0.25) is 0 Å². The molecule has 1 N–H and O–H groups in total. The fourth-order valence-electron chi connectivity index (χ4n) is 2.15. The lowest BCUT2D eigenvalue weighted by atomic mass is 9.98. The molecular weight excluding hydrogens is 208 g/mol. The van der Waals surface area contributed by atoms with Gasteiger partial charge in [-0.1, -0.05) is 60.7 Å². The second kappa shape index (κ2) is 3.95. The first-order chi connectivity index (χ1) is 8.90. The topological polar surface area (TPSA) is 20.2 Å². The summed E-state index contributed by atoms with van der Waals surface area (Å²) in [6.45, 7) is 0. The van der Waals surface area contributed by atoms with Gasteiger partial charge in [0.25, 0.3) is 1.43 Å². The molecule has 1 nitrogen and oxygen atoms in total. The summed E-state index contributed by atoms with van der Waals surface area (Å²) in [7, 11) is 0. The minimum Gasteiger partial charge on any atom is -0.507 e. The van der Waals surface area contributed by atoms with E-state index < -0.39 is 0 Å². The van der Waals surface area contributed by atoms with Crippen LogP contribution in [0, 0.1) is 0 Å². The molecule has 0 aliphatic carbocycles. The number of aromatic hydroxyl groups is 1. The average Bonchev–Trinajstić information content (AvgIpc) is 2.46. The van der Waals surface area contributed by atoms with E-state index in [-0.39, 0.29) is 0 Å². The molecule has 0 atom stereocenters.